The molecule has 0 bridgehead atoms. The number of rotatable bonds is 2. The minimum Gasteiger partial charge on any atom is -0.360 e. The number of anilines is 1. The largest absolute Gasteiger partial charge is 0.360 e. The number of carbonyl (C=O) groups excluding carboxylic acids is 1. The Morgan fingerprint density at radius 3 is 2.89 bits per heavy atom. The topological polar surface area (TPSA) is 55.1 Å². The standard InChI is InChI=1S/C15H16N2O2/c1-10-6-2-4-8-12(10)16-15(18)14-11-7-3-5-9-13(11)19-17-14/h2,4,6,8H,3,5,7,9H2,1H3,(H,16,18). The highest BCUT2D eigenvalue weighted by Gasteiger charge is 2.24. The van der Waals surface area contributed by atoms with Crippen molar-refractivity contribution in [3.63, 3.8) is 0 Å². The number of para-hydroxylation sites is 1. The Balaban J connectivity index is 1.85. The molecule has 1 aliphatic carbocycles. The van der Waals surface area contributed by atoms with Crippen molar-refractivity contribution in [2.45, 2.75) is 32.6 Å². The molecular formula is C15H16N2O2. The summed E-state index contributed by atoms with van der Waals surface area (Å²) >= 11 is 0. The van der Waals surface area contributed by atoms with Crippen LogP contribution in [0.25, 0.3) is 0 Å². The molecule has 1 amide bonds. The lowest BCUT2D eigenvalue weighted by atomic mass is 9.96. The highest BCUT2D eigenvalue weighted by atomic mass is 16.5. The Kier molecular flexibility index (Phi) is 3.07. The SMILES string of the molecule is Cc1ccccc1NC(=O)c1noc2c1CCCC2. The van der Waals surface area contributed by atoms with Crippen LogP contribution >= 0.6 is 0 Å². The van der Waals surface area contributed by atoms with Crippen LogP contribution in [-0.2, 0) is 12.8 Å². The number of aromatic nitrogens is 1. The van der Waals surface area contributed by atoms with Crippen LogP contribution < -0.4 is 5.32 Å². The predicted molar refractivity (Wildman–Crippen MR) is 72.3 cm³/mol. The molecule has 19 heavy (non-hydrogen) atoms. The first kappa shape index (κ1) is 12.0. The molecule has 1 aliphatic rings. The monoisotopic (exact) mass is 256 g/mol. The Morgan fingerprint density at radius 2 is 2.05 bits per heavy atom. The number of amides is 1. The summed E-state index contributed by atoms with van der Waals surface area (Å²) in [5.41, 5.74) is 3.28. The van der Waals surface area contributed by atoms with Gasteiger partial charge in [-0.25, -0.2) is 0 Å². The van der Waals surface area contributed by atoms with Crippen LogP contribution in [-0.4, -0.2) is 11.1 Å². The highest BCUT2D eigenvalue weighted by Crippen LogP contribution is 2.25. The molecule has 3 rings (SSSR count). The molecule has 1 aromatic carbocycles. The molecule has 0 fully saturated rings. The van der Waals surface area contributed by atoms with E-state index in [4.69, 9.17) is 4.52 Å². The van der Waals surface area contributed by atoms with Crippen LogP contribution in [0, 0.1) is 6.92 Å². The first-order chi connectivity index (χ1) is 9.25. The molecule has 0 atom stereocenters. The van der Waals surface area contributed by atoms with Crippen LogP contribution in [0.2, 0.25) is 0 Å². The third kappa shape index (κ3) is 2.26. The Bertz CT molecular complexity index is 616. The van der Waals surface area contributed by atoms with E-state index in [0.29, 0.717) is 5.69 Å². The Hall–Kier alpha value is -2.10. The number of nitrogens with one attached hydrogen (secondary N) is 1. The average molecular weight is 256 g/mol. The average Bonchev–Trinajstić information content (AvgIpc) is 2.85. The van der Waals surface area contributed by atoms with Crippen molar-refractivity contribution < 1.29 is 9.32 Å². The molecule has 0 spiro atoms. The van der Waals surface area contributed by atoms with Gasteiger partial charge in [0.15, 0.2) is 5.69 Å². The van der Waals surface area contributed by atoms with E-state index in [2.05, 4.69) is 10.5 Å². The van der Waals surface area contributed by atoms with E-state index in [1.54, 1.807) is 0 Å². The Morgan fingerprint density at radius 1 is 1.26 bits per heavy atom. The molecule has 1 heterocycles. The van der Waals surface area contributed by atoms with Gasteiger partial charge in [-0.2, -0.15) is 0 Å². The number of hydrogen-bond donors (Lipinski definition) is 1. The predicted octanol–water partition coefficient (Wildman–Crippen LogP) is 3.11. The molecule has 1 aromatic heterocycles. The van der Waals surface area contributed by atoms with Gasteiger partial charge in [0.2, 0.25) is 0 Å². The summed E-state index contributed by atoms with van der Waals surface area (Å²) in [4.78, 5) is 12.3. The van der Waals surface area contributed by atoms with Gasteiger partial charge < -0.3 is 9.84 Å². The van der Waals surface area contributed by atoms with Gasteiger partial charge in [-0.05, 0) is 37.8 Å². The van der Waals surface area contributed by atoms with E-state index in [-0.39, 0.29) is 5.91 Å². The zero-order valence-corrected chi connectivity index (χ0v) is 10.9. The van der Waals surface area contributed by atoms with Crippen molar-refractivity contribution >= 4 is 11.6 Å². The number of benzene rings is 1. The lowest BCUT2D eigenvalue weighted by molar-refractivity contribution is 0.101. The van der Waals surface area contributed by atoms with Gasteiger partial charge in [0.25, 0.3) is 5.91 Å². The summed E-state index contributed by atoms with van der Waals surface area (Å²) in [5, 5.41) is 6.84. The fourth-order valence-electron chi connectivity index (χ4n) is 2.46. The molecule has 0 saturated heterocycles. The van der Waals surface area contributed by atoms with E-state index in [0.717, 1.165) is 48.3 Å². The van der Waals surface area contributed by atoms with Crippen LogP contribution in [0.1, 0.15) is 40.2 Å². The van der Waals surface area contributed by atoms with Crippen molar-refractivity contribution in [2.24, 2.45) is 0 Å². The maximum atomic E-state index is 12.3. The van der Waals surface area contributed by atoms with Gasteiger partial charge >= 0.3 is 0 Å². The minimum absolute atomic E-state index is 0.179. The van der Waals surface area contributed by atoms with E-state index in [1.807, 2.05) is 31.2 Å². The molecule has 0 radical (unpaired) electrons. The van der Waals surface area contributed by atoms with Gasteiger partial charge in [0, 0.05) is 17.7 Å². The van der Waals surface area contributed by atoms with E-state index < -0.39 is 0 Å². The summed E-state index contributed by atoms with van der Waals surface area (Å²) in [6.45, 7) is 1.97. The first-order valence-electron chi connectivity index (χ1n) is 6.60. The van der Waals surface area contributed by atoms with Gasteiger partial charge in [-0.15, -0.1) is 0 Å². The molecule has 4 nitrogen and oxygen atoms in total. The van der Waals surface area contributed by atoms with E-state index >= 15 is 0 Å². The van der Waals surface area contributed by atoms with Crippen molar-refractivity contribution in [3.05, 3.63) is 46.8 Å². The Labute approximate surface area is 111 Å². The van der Waals surface area contributed by atoms with Crippen molar-refractivity contribution in [1.29, 1.82) is 0 Å². The summed E-state index contributed by atoms with van der Waals surface area (Å²) in [7, 11) is 0. The maximum Gasteiger partial charge on any atom is 0.278 e. The number of aryl methyl sites for hydroxylation is 2. The minimum atomic E-state index is -0.179. The summed E-state index contributed by atoms with van der Waals surface area (Å²) in [6.07, 6.45) is 3.98. The second-order valence-corrected chi connectivity index (χ2v) is 4.91. The van der Waals surface area contributed by atoms with Gasteiger partial charge in [-0.3, -0.25) is 4.79 Å². The first-order valence-corrected chi connectivity index (χ1v) is 6.60. The molecule has 0 aliphatic heterocycles. The number of nitrogens with zero attached hydrogens (tertiary/aromatic N) is 1. The molecule has 2 aromatic rings. The zero-order chi connectivity index (χ0) is 13.2. The van der Waals surface area contributed by atoms with Gasteiger partial charge in [-0.1, -0.05) is 23.4 Å². The molecule has 0 unspecified atom stereocenters. The molecule has 98 valence electrons. The molecule has 1 N–H and O–H groups in total. The normalized spacial score (nSPS) is 13.9. The van der Waals surface area contributed by atoms with Crippen molar-refractivity contribution in [2.75, 3.05) is 5.32 Å². The van der Waals surface area contributed by atoms with E-state index in [9.17, 15) is 4.79 Å². The molecular weight excluding hydrogens is 240 g/mol. The van der Waals surface area contributed by atoms with E-state index in [1.165, 1.54) is 0 Å². The lowest BCUT2D eigenvalue weighted by Crippen LogP contribution is -2.16. The number of carbonyl (C=O) groups is 1. The van der Waals surface area contributed by atoms with Gasteiger partial charge in [0.05, 0.1) is 0 Å². The summed E-state index contributed by atoms with van der Waals surface area (Å²) < 4.78 is 5.27. The fraction of sp³-hybridized carbons (Fsp3) is 0.333. The number of fused-ring (bicyclic) bond motifs is 1. The second kappa shape index (κ2) is 4.88. The quantitative estimate of drug-likeness (QED) is 0.898. The smallest absolute Gasteiger partial charge is 0.278 e. The fourth-order valence-corrected chi connectivity index (χ4v) is 2.46. The third-order valence-electron chi connectivity index (χ3n) is 3.56. The summed E-state index contributed by atoms with van der Waals surface area (Å²) in [5.74, 6) is 0.697. The lowest BCUT2D eigenvalue weighted by Gasteiger charge is -2.10. The highest BCUT2D eigenvalue weighted by molar-refractivity contribution is 6.04. The second-order valence-electron chi connectivity index (χ2n) is 4.91. The maximum absolute atomic E-state index is 12.3. The van der Waals surface area contributed by atoms with Crippen LogP contribution in [0.15, 0.2) is 28.8 Å². The van der Waals surface area contributed by atoms with Crippen molar-refractivity contribution in [1.82, 2.24) is 5.16 Å². The van der Waals surface area contributed by atoms with Crippen LogP contribution in [0.4, 0.5) is 5.69 Å². The molecule has 0 saturated carbocycles. The summed E-state index contributed by atoms with van der Waals surface area (Å²) in [6, 6.07) is 7.71. The molecule has 4 heteroatoms. The van der Waals surface area contributed by atoms with Crippen LogP contribution in [0.5, 0.6) is 0 Å². The van der Waals surface area contributed by atoms with Gasteiger partial charge in [0.1, 0.15) is 5.76 Å². The van der Waals surface area contributed by atoms with Crippen LogP contribution in [0.3, 0.4) is 0 Å². The zero-order valence-electron chi connectivity index (χ0n) is 10.9. The number of hydrogen-bond acceptors (Lipinski definition) is 3. The van der Waals surface area contributed by atoms with Crippen molar-refractivity contribution in [3.8, 4) is 0 Å². The third-order valence-corrected chi connectivity index (χ3v) is 3.56.